The maximum atomic E-state index is 7.60. The average molecular weight is 327 g/mol. The first-order chi connectivity index (χ1) is 9.10. The number of hydrogen-bond acceptors (Lipinski definition) is 3. The second-order valence-electron chi connectivity index (χ2n) is 4.82. The van der Waals surface area contributed by atoms with Gasteiger partial charge < -0.3 is 15.2 Å². The number of nitrogen functional groups attached to an aromatic ring is 1. The van der Waals surface area contributed by atoms with E-state index in [9.17, 15) is 0 Å². The van der Waals surface area contributed by atoms with E-state index in [1.165, 1.54) is 0 Å². The van der Waals surface area contributed by atoms with E-state index in [-0.39, 0.29) is 18.0 Å². The Balaban J connectivity index is 2.13. The second kappa shape index (κ2) is 6.39. The number of amidine groups is 1. The minimum Gasteiger partial charge on any atom is -0.490 e. The molecule has 0 aromatic heterocycles. The number of benzene rings is 1. The maximum Gasteiger partial charge on any atom is 0.131 e. The van der Waals surface area contributed by atoms with E-state index in [4.69, 9.17) is 20.6 Å². The molecule has 2 atom stereocenters. The third-order valence-corrected chi connectivity index (χ3v) is 3.93. The van der Waals surface area contributed by atoms with E-state index in [0.29, 0.717) is 11.3 Å². The van der Waals surface area contributed by atoms with Gasteiger partial charge in [-0.2, -0.15) is 0 Å². The van der Waals surface area contributed by atoms with Crippen molar-refractivity contribution in [1.29, 1.82) is 5.41 Å². The SMILES string of the molecule is COC1CCCC(Oc2cc(Br)ccc2C(=N)N)C1. The van der Waals surface area contributed by atoms with Crippen LogP contribution in [0.3, 0.4) is 0 Å². The van der Waals surface area contributed by atoms with Gasteiger partial charge in [0.25, 0.3) is 0 Å². The van der Waals surface area contributed by atoms with Crippen LogP contribution in [0.25, 0.3) is 0 Å². The standard InChI is InChI=1S/C14H19BrN2O2/c1-18-10-3-2-4-11(8-10)19-13-7-9(15)5-6-12(13)14(16)17/h5-7,10-11H,2-4,8H2,1H3,(H3,16,17). The van der Waals surface area contributed by atoms with Crippen LogP contribution >= 0.6 is 15.9 Å². The topological polar surface area (TPSA) is 68.3 Å². The molecule has 0 aliphatic heterocycles. The monoisotopic (exact) mass is 326 g/mol. The number of rotatable bonds is 4. The van der Waals surface area contributed by atoms with Crippen molar-refractivity contribution in [2.75, 3.05) is 7.11 Å². The van der Waals surface area contributed by atoms with Crippen LogP contribution in [-0.4, -0.2) is 25.2 Å². The van der Waals surface area contributed by atoms with Crippen molar-refractivity contribution >= 4 is 21.8 Å². The van der Waals surface area contributed by atoms with Gasteiger partial charge >= 0.3 is 0 Å². The molecule has 0 radical (unpaired) electrons. The zero-order valence-electron chi connectivity index (χ0n) is 11.0. The molecule has 0 bridgehead atoms. The molecule has 0 spiro atoms. The Morgan fingerprint density at radius 2 is 2.11 bits per heavy atom. The molecule has 1 saturated carbocycles. The third kappa shape index (κ3) is 3.70. The fourth-order valence-electron chi connectivity index (χ4n) is 2.42. The summed E-state index contributed by atoms with van der Waals surface area (Å²) in [5.74, 6) is 0.699. The highest BCUT2D eigenvalue weighted by Gasteiger charge is 2.24. The number of nitrogens with one attached hydrogen (secondary N) is 1. The van der Waals surface area contributed by atoms with Gasteiger partial charge in [0.2, 0.25) is 0 Å². The molecular formula is C14H19BrN2O2. The molecule has 1 fully saturated rings. The third-order valence-electron chi connectivity index (χ3n) is 3.44. The molecule has 5 heteroatoms. The summed E-state index contributed by atoms with van der Waals surface area (Å²) in [6.45, 7) is 0. The van der Waals surface area contributed by atoms with E-state index in [1.807, 2.05) is 12.1 Å². The van der Waals surface area contributed by atoms with Gasteiger partial charge in [0.15, 0.2) is 0 Å². The van der Waals surface area contributed by atoms with Crippen LogP contribution in [0.5, 0.6) is 5.75 Å². The van der Waals surface area contributed by atoms with Crippen LogP contribution in [0.15, 0.2) is 22.7 Å². The molecule has 0 saturated heterocycles. The number of halogens is 1. The highest BCUT2D eigenvalue weighted by molar-refractivity contribution is 9.10. The molecular weight excluding hydrogens is 308 g/mol. The number of nitrogens with two attached hydrogens (primary N) is 1. The van der Waals surface area contributed by atoms with Crippen molar-refractivity contribution in [3.63, 3.8) is 0 Å². The molecule has 0 heterocycles. The summed E-state index contributed by atoms with van der Waals surface area (Å²) in [5.41, 5.74) is 6.23. The minimum atomic E-state index is 0.0293. The van der Waals surface area contributed by atoms with Gasteiger partial charge in [-0.1, -0.05) is 15.9 Å². The summed E-state index contributed by atoms with van der Waals surface area (Å²) in [6, 6.07) is 5.54. The van der Waals surface area contributed by atoms with Crippen LogP contribution in [0, 0.1) is 5.41 Å². The smallest absolute Gasteiger partial charge is 0.131 e. The fraction of sp³-hybridized carbons (Fsp3) is 0.500. The summed E-state index contributed by atoms with van der Waals surface area (Å²) in [5, 5.41) is 7.60. The van der Waals surface area contributed by atoms with Gasteiger partial charge in [0.1, 0.15) is 17.7 Å². The average Bonchev–Trinajstić information content (AvgIpc) is 2.38. The molecule has 2 unspecified atom stereocenters. The van der Waals surface area contributed by atoms with E-state index in [1.54, 1.807) is 13.2 Å². The lowest BCUT2D eigenvalue weighted by atomic mass is 9.95. The summed E-state index contributed by atoms with van der Waals surface area (Å²) >= 11 is 3.42. The highest BCUT2D eigenvalue weighted by atomic mass is 79.9. The number of methoxy groups -OCH3 is 1. The Labute approximate surface area is 121 Å². The van der Waals surface area contributed by atoms with Gasteiger partial charge in [-0.15, -0.1) is 0 Å². The molecule has 1 aromatic carbocycles. The molecule has 3 N–H and O–H groups in total. The largest absolute Gasteiger partial charge is 0.490 e. The van der Waals surface area contributed by atoms with E-state index >= 15 is 0 Å². The molecule has 104 valence electrons. The molecule has 19 heavy (non-hydrogen) atoms. The van der Waals surface area contributed by atoms with Crippen LogP contribution < -0.4 is 10.5 Å². The van der Waals surface area contributed by atoms with Crippen LogP contribution in [0.2, 0.25) is 0 Å². The van der Waals surface area contributed by atoms with Gasteiger partial charge in [-0.05, 0) is 37.5 Å². The lowest BCUT2D eigenvalue weighted by molar-refractivity contribution is 0.0209. The van der Waals surface area contributed by atoms with Crippen molar-refractivity contribution < 1.29 is 9.47 Å². The predicted octanol–water partition coefficient (Wildman–Crippen LogP) is 3.07. The van der Waals surface area contributed by atoms with E-state index in [0.717, 1.165) is 30.2 Å². The normalized spacial score (nSPS) is 23.1. The first-order valence-electron chi connectivity index (χ1n) is 6.43. The van der Waals surface area contributed by atoms with Crippen molar-refractivity contribution in [3.8, 4) is 5.75 Å². The van der Waals surface area contributed by atoms with Crippen molar-refractivity contribution in [1.82, 2.24) is 0 Å². The highest BCUT2D eigenvalue weighted by Crippen LogP contribution is 2.29. The Hall–Kier alpha value is -1.07. The zero-order valence-corrected chi connectivity index (χ0v) is 12.6. The van der Waals surface area contributed by atoms with E-state index in [2.05, 4.69) is 15.9 Å². The lowest BCUT2D eigenvalue weighted by Crippen LogP contribution is -2.30. The molecule has 2 rings (SSSR count). The Morgan fingerprint density at radius 1 is 1.37 bits per heavy atom. The Morgan fingerprint density at radius 3 is 2.79 bits per heavy atom. The summed E-state index contributed by atoms with van der Waals surface area (Å²) in [7, 11) is 1.74. The van der Waals surface area contributed by atoms with E-state index < -0.39 is 0 Å². The zero-order chi connectivity index (χ0) is 13.8. The van der Waals surface area contributed by atoms with Gasteiger partial charge in [-0.25, -0.2) is 0 Å². The summed E-state index contributed by atoms with van der Waals surface area (Å²) in [6.07, 6.45) is 4.50. The van der Waals surface area contributed by atoms with Crippen molar-refractivity contribution in [2.45, 2.75) is 37.9 Å². The lowest BCUT2D eigenvalue weighted by Gasteiger charge is -2.29. The first-order valence-corrected chi connectivity index (χ1v) is 7.23. The number of ether oxygens (including phenoxy) is 2. The molecule has 4 nitrogen and oxygen atoms in total. The summed E-state index contributed by atoms with van der Waals surface area (Å²) in [4.78, 5) is 0. The van der Waals surface area contributed by atoms with Crippen molar-refractivity contribution in [2.24, 2.45) is 5.73 Å². The Kier molecular flexibility index (Phi) is 4.82. The molecule has 1 aliphatic rings. The van der Waals surface area contributed by atoms with Crippen LogP contribution in [0.1, 0.15) is 31.2 Å². The second-order valence-corrected chi connectivity index (χ2v) is 5.73. The first kappa shape index (κ1) is 14.3. The van der Waals surface area contributed by atoms with Crippen LogP contribution in [-0.2, 0) is 4.74 Å². The van der Waals surface area contributed by atoms with Gasteiger partial charge in [0.05, 0.1) is 11.7 Å². The quantitative estimate of drug-likeness (QED) is 0.660. The molecule has 1 aromatic rings. The molecule has 0 amide bonds. The Bertz CT molecular complexity index is 465. The minimum absolute atomic E-state index is 0.0293. The maximum absolute atomic E-state index is 7.60. The fourth-order valence-corrected chi connectivity index (χ4v) is 2.76. The van der Waals surface area contributed by atoms with Gasteiger partial charge in [0, 0.05) is 18.0 Å². The van der Waals surface area contributed by atoms with Crippen molar-refractivity contribution in [3.05, 3.63) is 28.2 Å². The molecule has 1 aliphatic carbocycles. The number of hydrogen-bond donors (Lipinski definition) is 2. The van der Waals surface area contributed by atoms with Gasteiger partial charge in [-0.3, -0.25) is 5.41 Å². The van der Waals surface area contributed by atoms with Crippen LogP contribution in [0.4, 0.5) is 0 Å². The predicted molar refractivity (Wildman–Crippen MR) is 78.8 cm³/mol. The summed E-state index contributed by atoms with van der Waals surface area (Å²) < 4.78 is 12.4.